The first-order chi connectivity index (χ1) is 14.5. The Morgan fingerprint density at radius 2 is 1.77 bits per heavy atom. The highest BCUT2D eigenvalue weighted by atomic mass is 35.5. The van der Waals surface area contributed by atoms with Crippen LogP contribution in [0.4, 0.5) is 0 Å². The molecule has 0 saturated heterocycles. The molecule has 1 N–H and O–H groups in total. The van der Waals surface area contributed by atoms with E-state index >= 15 is 0 Å². The first-order valence-corrected chi connectivity index (χ1v) is 10.0. The van der Waals surface area contributed by atoms with Gasteiger partial charge in [-0.25, -0.2) is 9.67 Å². The van der Waals surface area contributed by atoms with Crippen LogP contribution < -0.4 is 5.32 Å². The van der Waals surface area contributed by atoms with Gasteiger partial charge < -0.3 is 5.32 Å². The van der Waals surface area contributed by atoms with Gasteiger partial charge in [0.2, 0.25) is 5.82 Å². The number of aromatic nitrogens is 3. The molecule has 0 bridgehead atoms. The first kappa shape index (κ1) is 19.9. The third-order valence-corrected chi connectivity index (χ3v) is 5.16. The fraction of sp³-hybridized carbons (Fsp3) is 0.125. The zero-order chi connectivity index (χ0) is 21.1. The SMILES string of the molecule is Cc1ccc(-n2nc(C(=O)NCc3ccccc3)nc2-c2cccc(Cl)c2)cc1C. The quantitative estimate of drug-likeness (QED) is 0.490. The van der Waals surface area contributed by atoms with Crippen molar-refractivity contribution >= 4 is 17.5 Å². The van der Waals surface area contributed by atoms with Gasteiger partial charge in [0.25, 0.3) is 5.91 Å². The largest absolute Gasteiger partial charge is 0.345 e. The van der Waals surface area contributed by atoms with Gasteiger partial charge in [-0.2, -0.15) is 0 Å². The molecule has 4 rings (SSSR count). The van der Waals surface area contributed by atoms with Gasteiger partial charge in [-0.05, 0) is 54.8 Å². The van der Waals surface area contributed by atoms with Crippen molar-refractivity contribution in [3.63, 3.8) is 0 Å². The lowest BCUT2D eigenvalue weighted by molar-refractivity contribution is 0.0940. The number of aryl methyl sites for hydroxylation is 2. The van der Waals surface area contributed by atoms with Crippen LogP contribution in [0.2, 0.25) is 5.02 Å². The average Bonchev–Trinajstić information content (AvgIpc) is 3.20. The topological polar surface area (TPSA) is 59.8 Å². The van der Waals surface area contributed by atoms with E-state index in [0.717, 1.165) is 22.4 Å². The minimum absolute atomic E-state index is 0.110. The fourth-order valence-corrected chi connectivity index (χ4v) is 3.31. The van der Waals surface area contributed by atoms with Gasteiger partial charge >= 0.3 is 0 Å². The van der Waals surface area contributed by atoms with Gasteiger partial charge in [-0.3, -0.25) is 4.79 Å². The van der Waals surface area contributed by atoms with E-state index in [1.807, 2.05) is 73.7 Å². The second kappa shape index (κ2) is 8.51. The second-order valence-electron chi connectivity index (χ2n) is 7.12. The van der Waals surface area contributed by atoms with E-state index in [2.05, 4.69) is 22.3 Å². The summed E-state index contributed by atoms with van der Waals surface area (Å²) in [6.07, 6.45) is 0. The summed E-state index contributed by atoms with van der Waals surface area (Å²) in [5.41, 5.74) is 4.95. The number of halogens is 1. The van der Waals surface area contributed by atoms with E-state index in [4.69, 9.17) is 11.6 Å². The van der Waals surface area contributed by atoms with Crippen LogP contribution in [0.3, 0.4) is 0 Å². The molecule has 0 fully saturated rings. The van der Waals surface area contributed by atoms with Gasteiger partial charge in [0.15, 0.2) is 5.82 Å². The maximum absolute atomic E-state index is 12.8. The number of nitrogens with zero attached hydrogens (tertiary/aromatic N) is 3. The maximum Gasteiger partial charge on any atom is 0.291 e. The predicted octanol–water partition coefficient (Wildman–Crippen LogP) is 5.13. The Labute approximate surface area is 180 Å². The Hall–Kier alpha value is -3.44. The number of nitrogens with one attached hydrogen (secondary N) is 1. The van der Waals surface area contributed by atoms with E-state index in [9.17, 15) is 4.79 Å². The molecule has 0 atom stereocenters. The summed E-state index contributed by atoms with van der Waals surface area (Å²) in [5, 5.41) is 8.00. The monoisotopic (exact) mass is 416 g/mol. The summed E-state index contributed by atoms with van der Waals surface area (Å²) in [5.74, 6) is 0.342. The minimum atomic E-state index is -0.329. The van der Waals surface area contributed by atoms with E-state index in [1.54, 1.807) is 10.7 Å². The summed E-state index contributed by atoms with van der Waals surface area (Å²) >= 11 is 6.19. The van der Waals surface area contributed by atoms with Crippen molar-refractivity contribution in [2.75, 3.05) is 0 Å². The molecular formula is C24H21ClN4O. The summed E-state index contributed by atoms with van der Waals surface area (Å²) in [7, 11) is 0. The molecule has 1 heterocycles. The lowest BCUT2D eigenvalue weighted by Crippen LogP contribution is -2.24. The van der Waals surface area contributed by atoms with Crippen LogP contribution in [-0.2, 0) is 6.54 Å². The molecule has 4 aromatic rings. The molecule has 0 saturated carbocycles. The van der Waals surface area contributed by atoms with Crippen molar-refractivity contribution in [1.29, 1.82) is 0 Å². The Kier molecular flexibility index (Phi) is 5.63. The maximum atomic E-state index is 12.8. The standard InChI is InChI=1S/C24H21ClN4O/c1-16-11-12-21(13-17(16)2)29-23(19-9-6-10-20(25)14-19)27-22(28-29)24(30)26-15-18-7-4-3-5-8-18/h3-14H,15H2,1-2H3,(H,26,30). The lowest BCUT2D eigenvalue weighted by Gasteiger charge is -2.08. The van der Waals surface area contributed by atoms with E-state index < -0.39 is 0 Å². The summed E-state index contributed by atoms with van der Waals surface area (Å²) in [6, 6.07) is 23.1. The zero-order valence-electron chi connectivity index (χ0n) is 16.8. The van der Waals surface area contributed by atoms with Gasteiger partial charge in [-0.15, -0.1) is 5.10 Å². The van der Waals surface area contributed by atoms with Crippen LogP contribution in [-0.4, -0.2) is 20.7 Å². The van der Waals surface area contributed by atoms with E-state index in [1.165, 1.54) is 5.56 Å². The van der Waals surface area contributed by atoms with Gasteiger partial charge in [0.1, 0.15) is 0 Å². The Balaban J connectivity index is 1.71. The third kappa shape index (κ3) is 4.26. The molecule has 1 aromatic heterocycles. The average molecular weight is 417 g/mol. The molecule has 30 heavy (non-hydrogen) atoms. The molecule has 150 valence electrons. The smallest absolute Gasteiger partial charge is 0.291 e. The lowest BCUT2D eigenvalue weighted by atomic mass is 10.1. The van der Waals surface area contributed by atoms with E-state index in [-0.39, 0.29) is 11.7 Å². The van der Waals surface area contributed by atoms with Crippen molar-refractivity contribution in [2.45, 2.75) is 20.4 Å². The highest BCUT2D eigenvalue weighted by Crippen LogP contribution is 2.25. The molecule has 0 unspecified atom stereocenters. The normalized spacial score (nSPS) is 10.8. The van der Waals surface area contributed by atoms with Crippen LogP contribution in [0.15, 0.2) is 72.8 Å². The van der Waals surface area contributed by atoms with Crippen molar-refractivity contribution in [3.8, 4) is 17.1 Å². The van der Waals surface area contributed by atoms with Crippen molar-refractivity contribution in [3.05, 3.63) is 100 Å². The minimum Gasteiger partial charge on any atom is -0.345 e. The van der Waals surface area contributed by atoms with Crippen molar-refractivity contribution in [2.24, 2.45) is 0 Å². The predicted molar refractivity (Wildman–Crippen MR) is 119 cm³/mol. The molecule has 1 amide bonds. The molecule has 0 spiro atoms. The van der Waals surface area contributed by atoms with Crippen molar-refractivity contribution < 1.29 is 4.79 Å². The molecule has 0 aliphatic carbocycles. The molecular weight excluding hydrogens is 396 g/mol. The number of carbonyl (C=O) groups excluding carboxylic acids is 1. The highest BCUT2D eigenvalue weighted by molar-refractivity contribution is 6.30. The number of carbonyl (C=O) groups is 1. The summed E-state index contributed by atoms with van der Waals surface area (Å²) in [4.78, 5) is 17.3. The zero-order valence-corrected chi connectivity index (χ0v) is 17.5. The summed E-state index contributed by atoms with van der Waals surface area (Å²) in [6.45, 7) is 4.51. The Bertz CT molecular complexity index is 1200. The molecule has 0 radical (unpaired) electrons. The Morgan fingerprint density at radius 3 is 2.50 bits per heavy atom. The summed E-state index contributed by atoms with van der Waals surface area (Å²) < 4.78 is 1.69. The number of hydrogen-bond donors (Lipinski definition) is 1. The van der Waals surface area contributed by atoms with Gasteiger partial charge in [-0.1, -0.05) is 60.1 Å². The molecule has 0 aliphatic rings. The van der Waals surface area contributed by atoms with Gasteiger partial charge in [0, 0.05) is 17.1 Å². The van der Waals surface area contributed by atoms with Crippen LogP contribution >= 0.6 is 11.6 Å². The Morgan fingerprint density at radius 1 is 0.967 bits per heavy atom. The highest BCUT2D eigenvalue weighted by Gasteiger charge is 2.19. The number of rotatable bonds is 5. The third-order valence-electron chi connectivity index (χ3n) is 4.92. The second-order valence-corrected chi connectivity index (χ2v) is 7.55. The van der Waals surface area contributed by atoms with Crippen LogP contribution in [0.25, 0.3) is 17.1 Å². The number of amides is 1. The molecule has 5 nitrogen and oxygen atoms in total. The number of benzene rings is 3. The fourth-order valence-electron chi connectivity index (χ4n) is 3.12. The number of hydrogen-bond acceptors (Lipinski definition) is 3. The molecule has 0 aliphatic heterocycles. The van der Waals surface area contributed by atoms with E-state index in [0.29, 0.717) is 17.4 Å². The van der Waals surface area contributed by atoms with Crippen LogP contribution in [0.1, 0.15) is 27.3 Å². The molecule has 6 heteroatoms. The van der Waals surface area contributed by atoms with Crippen LogP contribution in [0, 0.1) is 13.8 Å². The first-order valence-electron chi connectivity index (χ1n) is 9.64. The van der Waals surface area contributed by atoms with Crippen LogP contribution in [0.5, 0.6) is 0 Å². The van der Waals surface area contributed by atoms with Gasteiger partial charge in [0.05, 0.1) is 5.69 Å². The molecule has 3 aromatic carbocycles. The van der Waals surface area contributed by atoms with Crippen molar-refractivity contribution in [1.82, 2.24) is 20.1 Å².